The highest BCUT2D eigenvalue weighted by Gasteiger charge is 2.19. The number of nitrogens with one attached hydrogen (secondary N) is 1. The Morgan fingerprint density at radius 3 is 2.52 bits per heavy atom. The second-order valence-corrected chi connectivity index (χ2v) is 7.44. The fraction of sp³-hybridized carbons (Fsp3) is 0.0952. The van der Waals surface area contributed by atoms with Crippen molar-refractivity contribution in [3.8, 4) is 11.4 Å². The molecule has 0 radical (unpaired) electrons. The number of amides is 1. The fourth-order valence-electron chi connectivity index (χ4n) is 3.24. The third kappa shape index (κ3) is 3.84. The fourth-order valence-corrected chi connectivity index (χ4v) is 4.06. The molecule has 1 N–H and O–H groups in total. The van der Waals surface area contributed by atoms with Gasteiger partial charge in [-0.2, -0.15) is 0 Å². The molecule has 4 rings (SSSR count). The van der Waals surface area contributed by atoms with Gasteiger partial charge >= 0.3 is 5.69 Å². The summed E-state index contributed by atoms with van der Waals surface area (Å²) in [5.41, 5.74) is -0.858. The van der Waals surface area contributed by atoms with Crippen LogP contribution in [0.15, 0.2) is 63.5 Å². The number of rotatable bonds is 5. The van der Waals surface area contributed by atoms with Gasteiger partial charge in [0.1, 0.15) is 28.6 Å². The van der Waals surface area contributed by atoms with Crippen LogP contribution in [0.2, 0.25) is 0 Å². The summed E-state index contributed by atoms with van der Waals surface area (Å²) >= 11 is 1.13. The van der Waals surface area contributed by atoms with Gasteiger partial charge in [0, 0.05) is 11.8 Å². The molecule has 2 aromatic heterocycles. The van der Waals surface area contributed by atoms with Crippen LogP contribution in [0.1, 0.15) is 0 Å². The predicted molar refractivity (Wildman–Crippen MR) is 113 cm³/mol. The van der Waals surface area contributed by atoms with Gasteiger partial charge in [0.05, 0.1) is 18.3 Å². The average molecular weight is 443 g/mol. The van der Waals surface area contributed by atoms with Crippen molar-refractivity contribution < 1.29 is 18.3 Å². The van der Waals surface area contributed by atoms with Crippen LogP contribution in [-0.2, 0) is 11.3 Å². The summed E-state index contributed by atoms with van der Waals surface area (Å²) in [6, 6.07) is 10.7. The molecule has 4 aromatic rings. The Morgan fingerprint density at radius 2 is 1.81 bits per heavy atom. The van der Waals surface area contributed by atoms with E-state index in [0.717, 1.165) is 32.6 Å². The van der Waals surface area contributed by atoms with Gasteiger partial charge < -0.3 is 10.1 Å². The lowest BCUT2D eigenvalue weighted by molar-refractivity contribution is -0.116. The van der Waals surface area contributed by atoms with E-state index in [1.165, 1.54) is 7.11 Å². The van der Waals surface area contributed by atoms with Crippen LogP contribution in [0.5, 0.6) is 5.75 Å². The number of carbonyl (C=O) groups excluding carboxylic acids is 1. The minimum Gasteiger partial charge on any atom is -0.495 e. The molecule has 0 atom stereocenters. The maximum atomic E-state index is 13.4. The van der Waals surface area contributed by atoms with E-state index in [2.05, 4.69) is 5.32 Å². The summed E-state index contributed by atoms with van der Waals surface area (Å²) < 4.78 is 34.4. The summed E-state index contributed by atoms with van der Waals surface area (Å²) in [4.78, 5) is 38.8. The summed E-state index contributed by atoms with van der Waals surface area (Å²) in [5, 5.41) is 4.00. The molecule has 2 heterocycles. The highest BCUT2D eigenvalue weighted by molar-refractivity contribution is 7.17. The molecule has 158 valence electrons. The number of anilines is 1. The lowest BCUT2D eigenvalue weighted by Crippen LogP contribution is -2.40. The van der Waals surface area contributed by atoms with Gasteiger partial charge in [-0.3, -0.25) is 14.2 Å². The topological polar surface area (TPSA) is 82.3 Å². The van der Waals surface area contributed by atoms with Crippen LogP contribution in [0.25, 0.3) is 15.9 Å². The molecule has 31 heavy (non-hydrogen) atoms. The standard InChI is InChI=1S/C21H15F2N3O4S/c1-30-17-5-3-2-4-15(17)26-20(28)19-16(6-7-31-19)25(21(26)29)11-18(27)24-14-9-12(22)8-13(23)10-14/h2-10H,11H2,1H3,(H,24,27). The van der Waals surface area contributed by atoms with Crippen molar-refractivity contribution in [3.05, 3.63) is 86.4 Å². The number of hydrogen-bond donors (Lipinski definition) is 1. The Morgan fingerprint density at radius 1 is 1.10 bits per heavy atom. The normalized spacial score (nSPS) is 10.9. The minimum absolute atomic E-state index is 0.0878. The zero-order valence-electron chi connectivity index (χ0n) is 16.1. The molecular weight excluding hydrogens is 428 g/mol. The van der Waals surface area contributed by atoms with Crippen molar-refractivity contribution in [2.45, 2.75) is 6.54 Å². The zero-order valence-corrected chi connectivity index (χ0v) is 16.9. The Bertz CT molecular complexity index is 1400. The van der Waals surface area contributed by atoms with Crippen LogP contribution in [0.3, 0.4) is 0 Å². The molecule has 10 heteroatoms. The Hall–Kier alpha value is -3.79. The van der Waals surface area contributed by atoms with Gasteiger partial charge in [-0.15, -0.1) is 11.3 Å². The van der Waals surface area contributed by atoms with E-state index in [1.807, 2.05) is 0 Å². The highest BCUT2D eigenvalue weighted by atomic mass is 32.1. The molecule has 0 aliphatic rings. The minimum atomic E-state index is -0.850. The molecule has 0 fully saturated rings. The van der Waals surface area contributed by atoms with E-state index in [-0.39, 0.29) is 21.6 Å². The number of para-hydroxylation sites is 2. The zero-order chi connectivity index (χ0) is 22.1. The Balaban J connectivity index is 1.81. The second kappa shape index (κ2) is 8.15. The van der Waals surface area contributed by atoms with Gasteiger partial charge in [-0.25, -0.2) is 18.1 Å². The van der Waals surface area contributed by atoms with Crippen LogP contribution in [-0.4, -0.2) is 22.2 Å². The number of halogens is 2. The van der Waals surface area contributed by atoms with Crippen molar-refractivity contribution in [1.82, 2.24) is 9.13 Å². The SMILES string of the molecule is COc1ccccc1-n1c(=O)c2sccc2n(CC(=O)Nc2cc(F)cc(F)c2)c1=O. The molecule has 7 nitrogen and oxygen atoms in total. The third-order valence-corrected chi connectivity index (χ3v) is 5.42. The van der Waals surface area contributed by atoms with E-state index in [9.17, 15) is 23.2 Å². The number of fused-ring (bicyclic) bond motifs is 1. The van der Waals surface area contributed by atoms with Crippen molar-refractivity contribution in [2.75, 3.05) is 12.4 Å². The van der Waals surface area contributed by atoms with Crippen molar-refractivity contribution in [2.24, 2.45) is 0 Å². The monoisotopic (exact) mass is 443 g/mol. The molecule has 0 aliphatic carbocycles. The number of hydrogen-bond acceptors (Lipinski definition) is 5. The van der Waals surface area contributed by atoms with E-state index in [4.69, 9.17) is 4.74 Å². The molecule has 0 saturated carbocycles. The molecule has 0 saturated heterocycles. The first-order chi connectivity index (χ1) is 14.9. The number of thiophene rings is 1. The van der Waals surface area contributed by atoms with Gasteiger partial charge in [-0.1, -0.05) is 12.1 Å². The van der Waals surface area contributed by atoms with Gasteiger partial charge in [0.15, 0.2) is 0 Å². The summed E-state index contributed by atoms with van der Waals surface area (Å²) in [5.74, 6) is -2.08. The van der Waals surface area contributed by atoms with Gasteiger partial charge in [-0.05, 0) is 35.7 Å². The maximum absolute atomic E-state index is 13.4. The quantitative estimate of drug-likeness (QED) is 0.514. The van der Waals surface area contributed by atoms with E-state index in [0.29, 0.717) is 11.8 Å². The maximum Gasteiger partial charge on any atom is 0.336 e. The number of nitrogens with zero attached hydrogens (tertiary/aromatic N) is 2. The van der Waals surface area contributed by atoms with Crippen LogP contribution in [0, 0.1) is 11.6 Å². The first kappa shape index (κ1) is 20.5. The number of benzene rings is 2. The third-order valence-electron chi connectivity index (χ3n) is 4.53. The van der Waals surface area contributed by atoms with Crippen LogP contribution < -0.4 is 21.3 Å². The lowest BCUT2D eigenvalue weighted by atomic mass is 10.3. The number of methoxy groups -OCH3 is 1. The first-order valence-corrected chi connectivity index (χ1v) is 9.89. The van der Waals surface area contributed by atoms with Gasteiger partial charge in [0.2, 0.25) is 5.91 Å². The van der Waals surface area contributed by atoms with Crippen molar-refractivity contribution in [3.63, 3.8) is 0 Å². The summed E-state index contributed by atoms with van der Waals surface area (Å²) in [6.07, 6.45) is 0. The highest BCUT2D eigenvalue weighted by Crippen LogP contribution is 2.22. The average Bonchev–Trinajstić information content (AvgIpc) is 3.21. The number of aromatic nitrogens is 2. The molecule has 0 spiro atoms. The van der Waals surface area contributed by atoms with Crippen molar-refractivity contribution >= 4 is 33.1 Å². The number of ether oxygens (including phenoxy) is 1. The van der Waals surface area contributed by atoms with Crippen LogP contribution >= 0.6 is 11.3 Å². The molecule has 1 amide bonds. The molecule has 0 bridgehead atoms. The molecule has 2 aromatic carbocycles. The van der Waals surface area contributed by atoms with E-state index < -0.39 is 35.3 Å². The molecular formula is C21H15F2N3O4S. The smallest absolute Gasteiger partial charge is 0.336 e. The summed E-state index contributed by atoms with van der Waals surface area (Å²) in [7, 11) is 1.41. The Kier molecular flexibility index (Phi) is 5.38. The number of carbonyl (C=O) groups is 1. The second-order valence-electron chi connectivity index (χ2n) is 6.52. The predicted octanol–water partition coefficient (Wildman–Crippen LogP) is 3.14. The largest absolute Gasteiger partial charge is 0.495 e. The molecule has 0 unspecified atom stereocenters. The first-order valence-electron chi connectivity index (χ1n) is 9.01. The lowest BCUT2D eigenvalue weighted by Gasteiger charge is -2.14. The Labute approximate surface area is 177 Å². The summed E-state index contributed by atoms with van der Waals surface area (Å²) in [6.45, 7) is -0.473. The van der Waals surface area contributed by atoms with Gasteiger partial charge in [0.25, 0.3) is 5.56 Å². The van der Waals surface area contributed by atoms with Crippen LogP contribution in [0.4, 0.5) is 14.5 Å². The van der Waals surface area contributed by atoms with E-state index in [1.54, 1.807) is 35.7 Å². The molecule has 0 aliphatic heterocycles. The van der Waals surface area contributed by atoms with Crippen molar-refractivity contribution in [1.29, 1.82) is 0 Å². The van der Waals surface area contributed by atoms with E-state index >= 15 is 0 Å².